The maximum atomic E-state index is 12.0. The Morgan fingerprint density at radius 3 is 2.56 bits per heavy atom. The second-order valence-electron chi connectivity index (χ2n) is 7.89. The number of rotatable bonds is 11. The van der Waals surface area contributed by atoms with Crippen LogP contribution in [-0.4, -0.2) is 28.7 Å². The zero-order valence-corrected chi connectivity index (χ0v) is 19.6. The molecule has 4 rings (SSSR count). The maximum Gasteiger partial charge on any atom is 0.321 e. The third kappa shape index (κ3) is 5.53. The summed E-state index contributed by atoms with van der Waals surface area (Å²) in [6, 6.07) is 20.2. The summed E-state index contributed by atoms with van der Waals surface area (Å²) in [5, 5.41) is 14.7. The van der Waals surface area contributed by atoms with Crippen LogP contribution in [0.3, 0.4) is 0 Å². The molecule has 0 saturated carbocycles. The molecule has 1 heterocycles. The van der Waals surface area contributed by atoms with Crippen LogP contribution < -0.4 is 14.8 Å². The van der Waals surface area contributed by atoms with Crippen molar-refractivity contribution in [3.05, 3.63) is 94.6 Å². The van der Waals surface area contributed by atoms with Crippen molar-refractivity contribution in [3.63, 3.8) is 0 Å². The minimum Gasteiger partial charge on any atom is -0.490 e. The number of nitrogens with one attached hydrogen (secondary N) is 2. The molecule has 0 spiro atoms. The van der Waals surface area contributed by atoms with Crippen LogP contribution in [0.4, 0.5) is 0 Å². The summed E-state index contributed by atoms with van der Waals surface area (Å²) in [6.45, 7) is 2.97. The molecule has 0 aliphatic rings. The quantitative estimate of drug-likeness (QED) is 0.262. The number of aromatic amines is 1. The molecule has 0 aliphatic heterocycles. The van der Waals surface area contributed by atoms with Gasteiger partial charge in [-0.3, -0.25) is 10.1 Å². The molecule has 3 aromatic carbocycles. The van der Waals surface area contributed by atoms with E-state index < -0.39 is 12.0 Å². The molecule has 6 nitrogen and oxygen atoms in total. The van der Waals surface area contributed by atoms with Gasteiger partial charge in [0.05, 0.1) is 6.61 Å². The number of aromatic nitrogens is 1. The number of halogens is 1. The zero-order chi connectivity index (χ0) is 23.9. The first-order chi connectivity index (χ1) is 16.6. The average molecular weight is 479 g/mol. The molecule has 3 N–H and O–H groups in total. The van der Waals surface area contributed by atoms with Crippen LogP contribution in [0.1, 0.15) is 23.6 Å². The molecular weight excluding hydrogens is 452 g/mol. The molecule has 0 aliphatic carbocycles. The highest BCUT2D eigenvalue weighted by Crippen LogP contribution is 2.33. The average Bonchev–Trinajstić information content (AvgIpc) is 3.25. The molecule has 34 heavy (non-hydrogen) atoms. The van der Waals surface area contributed by atoms with E-state index in [1.165, 1.54) is 0 Å². The van der Waals surface area contributed by atoms with Crippen LogP contribution in [0.15, 0.2) is 72.9 Å². The summed E-state index contributed by atoms with van der Waals surface area (Å²) in [4.78, 5) is 15.2. The van der Waals surface area contributed by atoms with E-state index in [1.807, 2.05) is 79.9 Å². The lowest BCUT2D eigenvalue weighted by Gasteiger charge is -2.19. The predicted octanol–water partition coefficient (Wildman–Crippen LogP) is 5.58. The number of H-pyrrole nitrogens is 1. The van der Waals surface area contributed by atoms with Crippen LogP contribution in [0.25, 0.3) is 10.9 Å². The second-order valence-corrected chi connectivity index (χ2v) is 8.30. The highest BCUT2D eigenvalue weighted by molar-refractivity contribution is 6.31. The van der Waals surface area contributed by atoms with E-state index in [4.69, 9.17) is 21.1 Å². The molecule has 0 fully saturated rings. The highest BCUT2D eigenvalue weighted by atomic mass is 35.5. The van der Waals surface area contributed by atoms with E-state index >= 15 is 0 Å². The first-order valence-electron chi connectivity index (χ1n) is 11.2. The number of fused-ring (bicyclic) bond motifs is 1. The van der Waals surface area contributed by atoms with Crippen LogP contribution in [0.2, 0.25) is 5.02 Å². The van der Waals surface area contributed by atoms with Crippen LogP contribution in [0.5, 0.6) is 11.5 Å². The van der Waals surface area contributed by atoms with Crippen molar-refractivity contribution in [1.29, 1.82) is 0 Å². The topological polar surface area (TPSA) is 83.6 Å². The van der Waals surface area contributed by atoms with Gasteiger partial charge in [-0.1, -0.05) is 60.1 Å². The van der Waals surface area contributed by atoms with Gasteiger partial charge in [0, 0.05) is 46.2 Å². The maximum absolute atomic E-state index is 12.0. The standard InChI is InChI=1S/C27H27ClN2O4/c1-2-33-25-13-7-9-18(26(25)34-17-19-8-3-5-11-22(19)28)15-30-24(27(31)32)14-20-16-29-23-12-6-4-10-21(20)23/h3-13,16,24,29-30H,2,14-15,17H2,1H3,(H,31,32). The molecule has 176 valence electrons. The number of hydrogen-bond donors (Lipinski definition) is 3. The molecular formula is C27H27ClN2O4. The van der Waals surface area contributed by atoms with Crippen molar-refractivity contribution < 1.29 is 19.4 Å². The number of carboxylic acid groups (broad SMARTS) is 1. The lowest BCUT2D eigenvalue weighted by Crippen LogP contribution is -2.38. The number of carbonyl (C=O) groups is 1. The Bertz CT molecular complexity index is 1270. The van der Waals surface area contributed by atoms with Gasteiger partial charge in [0.15, 0.2) is 11.5 Å². The lowest BCUT2D eigenvalue weighted by molar-refractivity contribution is -0.139. The first-order valence-corrected chi connectivity index (χ1v) is 11.6. The third-order valence-electron chi connectivity index (χ3n) is 5.63. The Labute approximate surface area is 203 Å². The zero-order valence-electron chi connectivity index (χ0n) is 18.9. The van der Waals surface area contributed by atoms with E-state index in [1.54, 1.807) is 0 Å². The van der Waals surface area contributed by atoms with E-state index in [9.17, 15) is 9.90 Å². The number of aliphatic carboxylic acids is 1. The van der Waals surface area contributed by atoms with Gasteiger partial charge < -0.3 is 19.6 Å². The number of carboxylic acids is 1. The summed E-state index contributed by atoms with van der Waals surface area (Å²) in [5.41, 5.74) is 3.61. The summed E-state index contributed by atoms with van der Waals surface area (Å²) in [7, 11) is 0. The largest absolute Gasteiger partial charge is 0.490 e. The van der Waals surface area contributed by atoms with E-state index in [-0.39, 0.29) is 6.61 Å². The molecule has 4 aromatic rings. The summed E-state index contributed by atoms with van der Waals surface area (Å²) < 4.78 is 11.9. The fourth-order valence-electron chi connectivity index (χ4n) is 3.90. The molecule has 0 bridgehead atoms. The number of ether oxygens (including phenoxy) is 2. The predicted molar refractivity (Wildman–Crippen MR) is 134 cm³/mol. The minimum atomic E-state index is -0.912. The van der Waals surface area contributed by atoms with Gasteiger partial charge >= 0.3 is 5.97 Å². The van der Waals surface area contributed by atoms with Crippen molar-refractivity contribution in [2.24, 2.45) is 0 Å². The Kier molecular flexibility index (Phi) is 7.72. The fourth-order valence-corrected chi connectivity index (χ4v) is 4.09. The minimum absolute atomic E-state index is 0.272. The number of benzene rings is 3. The molecule has 0 amide bonds. The van der Waals surface area contributed by atoms with E-state index in [2.05, 4.69) is 10.3 Å². The Balaban J connectivity index is 1.52. The Hall–Kier alpha value is -3.48. The van der Waals surface area contributed by atoms with Gasteiger partial charge in [-0.05, 0) is 30.7 Å². The molecule has 1 unspecified atom stereocenters. The number of hydrogen-bond acceptors (Lipinski definition) is 4. The van der Waals surface area contributed by atoms with Crippen LogP contribution >= 0.6 is 11.6 Å². The van der Waals surface area contributed by atoms with Gasteiger partial charge in [0.2, 0.25) is 0 Å². The molecule has 1 aromatic heterocycles. The van der Waals surface area contributed by atoms with Crippen molar-refractivity contribution in [2.75, 3.05) is 6.61 Å². The van der Waals surface area contributed by atoms with Crippen molar-refractivity contribution in [1.82, 2.24) is 10.3 Å². The Morgan fingerprint density at radius 1 is 1.00 bits per heavy atom. The molecule has 0 radical (unpaired) electrons. The smallest absolute Gasteiger partial charge is 0.321 e. The highest BCUT2D eigenvalue weighted by Gasteiger charge is 2.21. The normalized spacial score (nSPS) is 11.9. The van der Waals surface area contributed by atoms with E-state index in [0.29, 0.717) is 36.1 Å². The second kappa shape index (κ2) is 11.1. The van der Waals surface area contributed by atoms with E-state index in [0.717, 1.165) is 27.6 Å². The first kappa shape index (κ1) is 23.7. The number of para-hydroxylation sites is 2. The van der Waals surface area contributed by atoms with Gasteiger partial charge in [-0.15, -0.1) is 0 Å². The van der Waals surface area contributed by atoms with Gasteiger partial charge in [-0.2, -0.15) is 0 Å². The summed E-state index contributed by atoms with van der Waals surface area (Å²) in [5.74, 6) is 0.273. The molecule has 1 atom stereocenters. The van der Waals surface area contributed by atoms with Crippen LogP contribution in [-0.2, 0) is 24.4 Å². The van der Waals surface area contributed by atoms with Crippen molar-refractivity contribution in [3.8, 4) is 11.5 Å². The third-order valence-corrected chi connectivity index (χ3v) is 5.99. The SMILES string of the molecule is CCOc1cccc(CNC(Cc2c[nH]c3ccccc23)C(=O)O)c1OCc1ccccc1Cl. The summed E-state index contributed by atoms with van der Waals surface area (Å²) in [6.07, 6.45) is 2.22. The van der Waals surface area contributed by atoms with Gasteiger partial charge in [0.25, 0.3) is 0 Å². The molecule has 0 saturated heterocycles. The fraction of sp³-hybridized carbons (Fsp3) is 0.222. The molecule has 7 heteroatoms. The van der Waals surface area contributed by atoms with Crippen LogP contribution in [0, 0.1) is 0 Å². The van der Waals surface area contributed by atoms with Crippen molar-refractivity contribution >= 4 is 28.5 Å². The van der Waals surface area contributed by atoms with Gasteiger partial charge in [0.1, 0.15) is 12.6 Å². The monoisotopic (exact) mass is 478 g/mol. The summed E-state index contributed by atoms with van der Waals surface area (Å²) >= 11 is 6.29. The lowest BCUT2D eigenvalue weighted by atomic mass is 10.0. The van der Waals surface area contributed by atoms with Gasteiger partial charge in [-0.25, -0.2) is 0 Å². The van der Waals surface area contributed by atoms with Crippen molar-refractivity contribution in [2.45, 2.75) is 32.5 Å². The Morgan fingerprint density at radius 2 is 1.76 bits per heavy atom.